The number of nitrogens with one attached hydrogen (secondary N) is 1. The summed E-state index contributed by atoms with van der Waals surface area (Å²) in [6.45, 7) is 1.54. The van der Waals surface area contributed by atoms with E-state index in [9.17, 15) is 9.59 Å². The average molecular weight is 301 g/mol. The quantitative estimate of drug-likeness (QED) is 0.652. The molecule has 0 aliphatic rings. The van der Waals surface area contributed by atoms with Crippen LogP contribution >= 0.6 is 15.9 Å². The Bertz CT molecular complexity index is 448. The Labute approximate surface area is 107 Å². The molecule has 1 aromatic rings. The molecule has 0 fully saturated rings. The number of benzene rings is 1. The van der Waals surface area contributed by atoms with E-state index in [-0.39, 0.29) is 0 Å². The molecule has 1 amide bonds. The summed E-state index contributed by atoms with van der Waals surface area (Å²) in [6, 6.07) is 4.22. The molecule has 5 nitrogen and oxygen atoms in total. The standard InChI is InChI=1S/C11H13BrN2O3/c1-6(11(16)17-2)14-10(15)8-5-7(12)3-4-9(8)13/h3-6H,13H2,1-2H3,(H,14,15). The minimum absolute atomic E-state index is 0.315. The van der Waals surface area contributed by atoms with Crippen molar-refractivity contribution in [3.05, 3.63) is 28.2 Å². The summed E-state index contributed by atoms with van der Waals surface area (Å²) in [6.07, 6.45) is 0. The van der Waals surface area contributed by atoms with Crippen LogP contribution in [0.25, 0.3) is 0 Å². The molecular weight excluding hydrogens is 288 g/mol. The van der Waals surface area contributed by atoms with Crippen molar-refractivity contribution in [2.24, 2.45) is 0 Å². The number of carbonyl (C=O) groups excluding carboxylic acids is 2. The summed E-state index contributed by atoms with van der Waals surface area (Å²) in [5, 5.41) is 2.50. The Morgan fingerprint density at radius 1 is 1.47 bits per heavy atom. The number of rotatable bonds is 3. The van der Waals surface area contributed by atoms with Gasteiger partial charge in [-0.15, -0.1) is 0 Å². The number of methoxy groups -OCH3 is 1. The zero-order chi connectivity index (χ0) is 13.0. The molecule has 92 valence electrons. The maximum absolute atomic E-state index is 11.8. The minimum Gasteiger partial charge on any atom is -0.467 e. The molecule has 0 spiro atoms. The molecule has 0 aromatic heterocycles. The number of hydrogen-bond acceptors (Lipinski definition) is 4. The third-order valence-electron chi connectivity index (χ3n) is 2.16. The molecule has 3 N–H and O–H groups in total. The Kier molecular flexibility index (Phi) is 4.51. The molecule has 0 saturated heterocycles. The van der Waals surface area contributed by atoms with Gasteiger partial charge in [-0.25, -0.2) is 4.79 Å². The molecule has 0 radical (unpaired) electrons. The lowest BCUT2D eigenvalue weighted by Crippen LogP contribution is -2.39. The van der Waals surface area contributed by atoms with Gasteiger partial charge in [0.05, 0.1) is 12.7 Å². The number of hydrogen-bond donors (Lipinski definition) is 2. The average Bonchev–Trinajstić information content (AvgIpc) is 2.30. The van der Waals surface area contributed by atoms with E-state index in [2.05, 4.69) is 26.0 Å². The molecule has 1 unspecified atom stereocenters. The molecule has 0 aliphatic carbocycles. The van der Waals surface area contributed by atoms with Crippen molar-refractivity contribution >= 4 is 33.5 Å². The first-order valence-corrected chi connectivity index (χ1v) is 5.68. The van der Waals surface area contributed by atoms with Gasteiger partial charge < -0.3 is 15.8 Å². The molecule has 1 aromatic carbocycles. The van der Waals surface area contributed by atoms with E-state index in [0.717, 1.165) is 4.47 Å². The van der Waals surface area contributed by atoms with Crippen molar-refractivity contribution in [3.8, 4) is 0 Å². The monoisotopic (exact) mass is 300 g/mol. The predicted molar refractivity (Wildman–Crippen MR) is 67.5 cm³/mol. The minimum atomic E-state index is -0.717. The topological polar surface area (TPSA) is 81.4 Å². The van der Waals surface area contributed by atoms with Crippen LogP contribution in [0.5, 0.6) is 0 Å². The second-order valence-electron chi connectivity index (χ2n) is 3.45. The Morgan fingerprint density at radius 2 is 2.12 bits per heavy atom. The van der Waals surface area contributed by atoms with Crippen LogP contribution in [-0.2, 0) is 9.53 Å². The van der Waals surface area contributed by atoms with Gasteiger partial charge >= 0.3 is 5.97 Å². The predicted octanol–water partition coefficient (Wildman–Crippen LogP) is 1.32. The van der Waals surface area contributed by atoms with Crippen molar-refractivity contribution in [3.63, 3.8) is 0 Å². The number of halogens is 1. The highest BCUT2D eigenvalue weighted by Crippen LogP contribution is 2.18. The normalized spacial score (nSPS) is 11.7. The highest BCUT2D eigenvalue weighted by atomic mass is 79.9. The zero-order valence-corrected chi connectivity index (χ0v) is 11.1. The fraction of sp³-hybridized carbons (Fsp3) is 0.273. The SMILES string of the molecule is COC(=O)C(C)NC(=O)c1cc(Br)ccc1N. The van der Waals surface area contributed by atoms with Crippen LogP contribution in [0.1, 0.15) is 17.3 Å². The van der Waals surface area contributed by atoms with E-state index in [1.165, 1.54) is 14.0 Å². The van der Waals surface area contributed by atoms with Gasteiger partial charge in [-0.05, 0) is 25.1 Å². The molecule has 6 heteroatoms. The van der Waals surface area contributed by atoms with Crippen molar-refractivity contribution in [2.45, 2.75) is 13.0 Å². The number of anilines is 1. The van der Waals surface area contributed by atoms with Gasteiger partial charge in [0, 0.05) is 10.2 Å². The highest BCUT2D eigenvalue weighted by molar-refractivity contribution is 9.10. The van der Waals surface area contributed by atoms with Crippen LogP contribution in [0.3, 0.4) is 0 Å². The lowest BCUT2D eigenvalue weighted by Gasteiger charge is -2.12. The number of nitrogen functional groups attached to an aromatic ring is 1. The van der Waals surface area contributed by atoms with Crippen LogP contribution in [0.4, 0.5) is 5.69 Å². The van der Waals surface area contributed by atoms with Gasteiger partial charge in [-0.2, -0.15) is 0 Å². The summed E-state index contributed by atoms with van der Waals surface area (Å²) in [5.41, 5.74) is 6.34. The van der Waals surface area contributed by atoms with Gasteiger partial charge in [-0.3, -0.25) is 4.79 Å². The maximum Gasteiger partial charge on any atom is 0.328 e. The summed E-state index contributed by atoms with van der Waals surface area (Å²) in [5.74, 6) is -0.923. The third-order valence-corrected chi connectivity index (χ3v) is 2.66. The second kappa shape index (κ2) is 5.67. The van der Waals surface area contributed by atoms with E-state index >= 15 is 0 Å². The van der Waals surface area contributed by atoms with Crippen molar-refractivity contribution in [1.82, 2.24) is 5.32 Å². The molecule has 0 bridgehead atoms. The molecule has 0 heterocycles. The molecule has 17 heavy (non-hydrogen) atoms. The zero-order valence-electron chi connectivity index (χ0n) is 9.49. The smallest absolute Gasteiger partial charge is 0.328 e. The number of ether oxygens (including phenoxy) is 1. The highest BCUT2D eigenvalue weighted by Gasteiger charge is 2.18. The van der Waals surface area contributed by atoms with Gasteiger partial charge in [0.1, 0.15) is 6.04 Å². The number of nitrogens with two attached hydrogens (primary N) is 1. The molecule has 1 rings (SSSR count). The summed E-state index contributed by atoms with van der Waals surface area (Å²) >= 11 is 3.25. The number of esters is 1. The van der Waals surface area contributed by atoms with E-state index in [1.807, 2.05) is 0 Å². The third kappa shape index (κ3) is 3.45. The lowest BCUT2D eigenvalue weighted by atomic mass is 10.1. The summed E-state index contributed by atoms with van der Waals surface area (Å²) in [4.78, 5) is 23.0. The van der Waals surface area contributed by atoms with Crippen LogP contribution in [0.15, 0.2) is 22.7 Å². The van der Waals surface area contributed by atoms with Gasteiger partial charge in [0.15, 0.2) is 0 Å². The number of amides is 1. The van der Waals surface area contributed by atoms with Crippen molar-refractivity contribution in [1.29, 1.82) is 0 Å². The van der Waals surface area contributed by atoms with Crippen LogP contribution < -0.4 is 11.1 Å². The molecular formula is C11H13BrN2O3. The largest absolute Gasteiger partial charge is 0.467 e. The van der Waals surface area contributed by atoms with E-state index in [1.54, 1.807) is 18.2 Å². The second-order valence-corrected chi connectivity index (χ2v) is 4.37. The Morgan fingerprint density at radius 3 is 2.71 bits per heavy atom. The molecule has 0 saturated carbocycles. The van der Waals surface area contributed by atoms with Crippen molar-refractivity contribution < 1.29 is 14.3 Å². The Hall–Kier alpha value is -1.56. The maximum atomic E-state index is 11.8. The lowest BCUT2D eigenvalue weighted by molar-refractivity contribution is -0.142. The fourth-order valence-electron chi connectivity index (χ4n) is 1.24. The van der Waals surface area contributed by atoms with Crippen molar-refractivity contribution in [2.75, 3.05) is 12.8 Å². The summed E-state index contributed by atoms with van der Waals surface area (Å²) in [7, 11) is 1.26. The molecule has 0 aliphatic heterocycles. The van der Waals surface area contributed by atoms with Gasteiger partial charge in [0.2, 0.25) is 0 Å². The first-order valence-electron chi connectivity index (χ1n) is 4.89. The van der Waals surface area contributed by atoms with Crippen LogP contribution in [0, 0.1) is 0 Å². The van der Waals surface area contributed by atoms with E-state index < -0.39 is 17.9 Å². The van der Waals surface area contributed by atoms with E-state index in [0.29, 0.717) is 11.3 Å². The number of carbonyl (C=O) groups is 2. The fourth-order valence-corrected chi connectivity index (χ4v) is 1.60. The molecule has 1 atom stereocenters. The Balaban J connectivity index is 2.83. The van der Waals surface area contributed by atoms with Gasteiger partial charge in [-0.1, -0.05) is 15.9 Å². The first kappa shape index (κ1) is 13.5. The first-order chi connectivity index (χ1) is 7.95. The van der Waals surface area contributed by atoms with E-state index in [4.69, 9.17) is 5.73 Å². The van der Waals surface area contributed by atoms with Crippen LogP contribution in [0.2, 0.25) is 0 Å². The summed E-state index contributed by atoms with van der Waals surface area (Å²) < 4.78 is 5.25. The van der Waals surface area contributed by atoms with Gasteiger partial charge in [0.25, 0.3) is 5.91 Å². The van der Waals surface area contributed by atoms with Crippen LogP contribution in [-0.4, -0.2) is 25.0 Å².